The van der Waals surface area contributed by atoms with Gasteiger partial charge >= 0.3 is 0 Å². The Bertz CT molecular complexity index is 629. The number of nitrogens with two attached hydrogens (primary N) is 1. The zero-order valence-corrected chi connectivity index (χ0v) is 13.4. The summed E-state index contributed by atoms with van der Waals surface area (Å²) < 4.78 is 25.9. The maximum absolute atomic E-state index is 12.4. The van der Waals surface area contributed by atoms with Crippen LogP contribution in [0.2, 0.25) is 5.02 Å². The Hall–Kier alpha value is -1.31. The summed E-state index contributed by atoms with van der Waals surface area (Å²) in [6.45, 7) is 1.39. The maximum atomic E-state index is 12.4. The second kappa shape index (κ2) is 5.99. The van der Waals surface area contributed by atoms with Crippen molar-refractivity contribution in [3.63, 3.8) is 0 Å². The third kappa shape index (κ3) is 3.41. The van der Waals surface area contributed by atoms with Crippen molar-refractivity contribution in [3.8, 4) is 0 Å². The molecule has 0 spiro atoms. The molecule has 0 saturated heterocycles. The van der Waals surface area contributed by atoms with Crippen LogP contribution in [0.25, 0.3) is 0 Å². The van der Waals surface area contributed by atoms with E-state index < -0.39 is 10.0 Å². The van der Waals surface area contributed by atoms with Gasteiger partial charge in [-0.2, -0.15) is 4.31 Å². The summed E-state index contributed by atoms with van der Waals surface area (Å²) in [4.78, 5) is 13.0. The highest BCUT2D eigenvalue weighted by atomic mass is 35.5. The molecule has 0 aliphatic heterocycles. The molecule has 0 radical (unpaired) electrons. The van der Waals surface area contributed by atoms with E-state index in [-0.39, 0.29) is 23.0 Å². The van der Waals surface area contributed by atoms with E-state index in [0.717, 1.165) is 4.31 Å². The molecule has 0 aliphatic rings. The molecular weight excluding hydrogens is 302 g/mol. The number of aryl methyl sites for hydroxylation is 1. The van der Waals surface area contributed by atoms with Crippen LogP contribution in [0.1, 0.15) is 5.56 Å². The topological polar surface area (TPSA) is 83.7 Å². The van der Waals surface area contributed by atoms with Gasteiger partial charge in [0.15, 0.2) is 0 Å². The van der Waals surface area contributed by atoms with E-state index in [0.29, 0.717) is 10.6 Å². The molecule has 1 aromatic rings. The highest BCUT2D eigenvalue weighted by Gasteiger charge is 2.25. The highest BCUT2D eigenvalue weighted by molar-refractivity contribution is 7.89. The number of likely N-dealkylation sites (N-methyl/N-ethyl adjacent to an activating group) is 2. The highest BCUT2D eigenvalue weighted by Crippen LogP contribution is 2.27. The molecular formula is C12H18ClN3O3S. The van der Waals surface area contributed by atoms with Crippen molar-refractivity contribution < 1.29 is 13.2 Å². The summed E-state index contributed by atoms with van der Waals surface area (Å²) >= 11 is 5.85. The number of hydrogen-bond donors (Lipinski definition) is 1. The molecule has 1 amide bonds. The average molecular weight is 320 g/mol. The molecule has 8 heteroatoms. The molecule has 0 saturated carbocycles. The first kappa shape index (κ1) is 16.7. The molecule has 1 aromatic carbocycles. The number of rotatable bonds is 4. The monoisotopic (exact) mass is 319 g/mol. The second-order valence-corrected chi connectivity index (χ2v) is 7.11. The fourth-order valence-electron chi connectivity index (χ4n) is 1.53. The number of carbonyl (C=O) groups excluding carboxylic acids is 1. The van der Waals surface area contributed by atoms with Gasteiger partial charge in [0, 0.05) is 21.1 Å². The van der Waals surface area contributed by atoms with Gasteiger partial charge in [0.05, 0.1) is 22.2 Å². The largest absolute Gasteiger partial charge is 0.397 e. The normalized spacial score (nSPS) is 11.7. The lowest BCUT2D eigenvalue weighted by Crippen LogP contribution is -2.38. The summed E-state index contributed by atoms with van der Waals surface area (Å²) in [5, 5.41) is 0.300. The van der Waals surface area contributed by atoms with Crippen molar-refractivity contribution in [2.24, 2.45) is 0 Å². The van der Waals surface area contributed by atoms with Crippen LogP contribution in [0.3, 0.4) is 0 Å². The van der Waals surface area contributed by atoms with E-state index in [1.54, 1.807) is 21.0 Å². The Morgan fingerprint density at radius 2 is 1.85 bits per heavy atom. The quantitative estimate of drug-likeness (QED) is 0.837. The number of nitrogen functional groups attached to an aromatic ring is 1. The molecule has 2 N–H and O–H groups in total. The summed E-state index contributed by atoms with van der Waals surface area (Å²) in [7, 11) is 0.685. The van der Waals surface area contributed by atoms with E-state index in [2.05, 4.69) is 0 Å². The van der Waals surface area contributed by atoms with Gasteiger partial charge in [-0.1, -0.05) is 11.6 Å². The van der Waals surface area contributed by atoms with Gasteiger partial charge in [0.1, 0.15) is 0 Å². The van der Waals surface area contributed by atoms with Gasteiger partial charge in [0.25, 0.3) is 0 Å². The number of hydrogen-bond acceptors (Lipinski definition) is 4. The van der Waals surface area contributed by atoms with Crippen LogP contribution in [0.15, 0.2) is 17.0 Å². The summed E-state index contributed by atoms with van der Waals surface area (Å²) in [6, 6.07) is 2.80. The van der Waals surface area contributed by atoms with Crippen molar-refractivity contribution in [2.45, 2.75) is 11.8 Å². The number of halogens is 1. The smallest absolute Gasteiger partial charge is 0.243 e. The number of amides is 1. The first-order chi connectivity index (χ1) is 9.07. The molecule has 0 aromatic heterocycles. The van der Waals surface area contributed by atoms with Gasteiger partial charge in [0.2, 0.25) is 15.9 Å². The van der Waals surface area contributed by atoms with Crippen LogP contribution in [0.5, 0.6) is 0 Å². The molecule has 6 nitrogen and oxygen atoms in total. The second-order valence-electron chi connectivity index (χ2n) is 4.69. The molecule has 0 unspecified atom stereocenters. The first-order valence-corrected chi connectivity index (χ1v) is 7.61. The molecule has 0 heterocycles. The van der Waals surface area contributed by atoms with E-state index in [9.17, 15) is 13.2 Å². The zero-order valence-electron chi connectivity index (χ0n) is 11.8. The number of sulfonamides is 1. The van der Waals surface area contributed by atoms with Crippen LogP contribution in [0, 0.1) is 6.92 Å². The Balaban J connectivity index is 3.17. The Labute approximate surface area is 124 Å². The lowest BCUT2D eigenvalue weighted by Gasteiger charge is -2.20. The zero-order chi connectivity index (χ0) is 15.7. The van der Waals surface area contributed by atoms with Gasteiger partial charge in [-0.05, 0) is 24.6 Å². The van der Waals surface area contributed by atoms with E-state index in [1.807, 2.05) is 0 Å². The van der Waals surface area contributed by atoms with Gasteiger partial charge < -0.3 is 10.6 Å². The first-order valence-electron chi connectivity index (χ1n) is 5.79. The third-order valence-corrected chi connectivity index (χ3v) is 5.11. The van der Waals surface area contributed by atoms with E-state index >= 15 is 0 Å². The molecule has 1 rings (SSSR count). The summed E-state index contributed by atoms with van der Waals surface area (Å²) in [5.41, 5.74) is 6.31. The minimum Gasteiger partial charge on any atom is -0.397 e. The summed E-state index contributed by atoms with van der Waals surface area (Å²) in [5.74, 6) is -0.310. The van der Waals surface area contributed by atoms with E-state index in [1.165, 1.54) is 24.1 Å². The number of carbonyl (C=O) groups is 1. The summed E-state index contributed by atoms with van der Waals surface area (Å²) in [6.07, 6.45) is 0. The Morgan fingerprint density at radius 1 is 1.30 bits per heavy atom. The molecule has 0 aliphatic carbocycles. The fourth-order valence-corrected chi connectivity index (χ4v) is 3.11. The van der Waals surface area contributed by atoms with Crippen LogP contribution in [-0.4, -0.2) is 51.2 Å². The maximum Gasteiger partial charge on any atom is 0.243 e. The van der Waals surface area contributed by atoms with Crippen molar-refractivity contribution in [1.29, 1.82) is 0 Å². The lowest BCUT2D eigenvalue weighted by molar-refractivity contribution is -0.128. The number of nitrogens with zero attached hydrogens (tertiary/aromatic N) is 2. The van der Waals surface area contributed by atoms with Crippen molar-refractivity contribution >= 4 is 33.2 Å². The Kier molecular flexibility index (Phi) is 5.01. The van der Waals surface area contributed by atoms with Crippen LogP contribution in [0.4, 0.5) is 5.69 Å². The van der Waals surface area contributed by atoms with Gasteiger partial charge in [-0.15, -0.1) is 0 Å². The minimum absolute atomic E-state index is 0.0495. The fraction of sp³-hybridized carbons (Fsp3) is 0.417. The molecule has 20 heavy (non-hydrogen) atoms. The van der Waals surface area contributed by atoms with Gasteiger partial charge in [-0.25, -0.2) is 8.42 Å². The molecule has 0 fully saturated rings. The molecule has 112 valence electrons. The Morgan fingerprint density at radius 3 is 2.35 bits per heavy atom. The molecule has 0 bridgehead atoms. The third-order valence-electron chi connectivity index (χ3n) is 2.84. The van der Waals surface area contributed by atoms with Crippen LogP contribution >= 0.6 is 11.6 Å². The van der Waals surface area contributed by atoms with Crippen LogP contribution < -0.4 is 5.73 Å². The SMILES string of the molecule is Cc1cc(Cl)c(N)cc1S(=O)(=O)N(C)CC(=O)N(C)C. The standard InChI is InChI=1S/C12H18ClN3O3S/c1-8-5-9(13)10(14)6-11(8)20(18,19)16(4)7-12(17)15(2)3/h5-6H,7,14H2,1-4H3. The van der Waals surface area contributed by atoms with Crippen molar-refractivity contribution in [2.75, 3.05) is 33.4 Å². The molecule has 0 atom stereocenters. The number of anilines is 1. The van der Waals surface area contributed by atoms with Crippen molar-refractivity contribution in [1.82, 2.24) is 9.21 Å². The predicted molar refractivity (Wildman–Crippen MR) is 79.1 cm³/mol. The predicted octanol–water partition coefficient (Wildman–Crippen LogP) is 0.939. The number of benzene rings is 1. The van der Waals surface area contributed by atoms with Crippen LogP contribution in [-0.2, 0) is 14.8 Å². The van der Waals surface area contributed by atoms with Crippen molar-refractivity contribution in [3.05, 3.63) is 22.7 Å². The lowest BCUT2D eigenvalue weighted by atomic mass is 10.2. The average Bonchev–Trinajstić information content (AvgIpc) is 2.33. The van der Waals surface area contributed by atoms with E-state index in [4.69, 9.17) is 17.3 Å². The van der Waals surface area contributed by atoms with Gasteiger partial charge in [-0.3, -0.25) is 4.79 Å². The minimum atomic E-state index is -3.79.